The molecule has 2 aliphatic rings. The summed E-state index contributed by atoms with van der Waals surface area (Å²) >= 11 is 0. The van der Waals surface area contributed by atoms with Crippen molar-refractivity contribution < 1.29 is 19.1 Å². The highest BCUT2D eigenvalue weighted by Crippen LogP contribution is 2.23. The lowest BCUT2D eigenvalue weighted by molar-refractivity contribution is -0.146. The van der Waals surface area contributed by atoms with Gasteiger partial charge in [0.25, 0.3) is 11.8 Å². The van der Waals surface area contributed by atoms with Crippen molar-refractivity contribution in [2.45, 2.75) is 43.9 Å². The van der Waals surface area contributed by atoms with Gasteiger partial charge in [0.05, 0.1) is 0 Å². The molecule has 8 heteroatoms. The molecule has 1 unspecified atom stereocenters. The molecule has 0 aliphatic carbocycles. The van der Waals surface area contributed by atoms with Crippen molar-refractivity contribution in [2.75, 3.05) is 32.1 Å². The summed E-state index contributed by atoms with van der Waals surface area (Å²) in [7, 11) is 1.59. The third-order valence-corrected chi connectivity index (χ3v) is 5.09. The molecule has 150 valence electrons. The summed E-state index contributed by atoms with van der Waals surface area (Å²) in [6.07, 6.45) is 2.63. The molecule has 0 bridgehead atoms. The van der Waals surface area contributed by atoms with Crippen molar-refractivity contribution >= 4 is 29.9 Å². The molecule has 3 N–H and O–H groups in total. The second-order valence-corrected chi connectivity index (χ2v) is 6.82. The zero-order valence-electron chi connectivity index (χ0n) is 15.6. The van der Waals surface area contributed by atoms with Crippen LogP contribution in [-0.4, -0.2) is 50.3 Å². The van der Waals surface area contributed by atoms with Gasteiger partial charge >= 0.3 is 0 Å². The SMILES string of the molecule is COC1(C(=O)NCc2cccc(NC(=O)C3CCCO3)c2)CCNCC1.Cl. The minimum Gasteiger partial charge on any atom is -0.368 e. The number of carbonyl (C=O) groups is 2. The van der Waals surface area contributed by atoms with Crippen molar-refractivity contribution in [1.82, 2.24) is 10.6 Å². The Morgan fingerprint density at radius 2 is 2.11 bits per heavy atom. The van der Waals surface area contributed by atoms with Crippen molar-refractivity contribution in [2.24, 2.45) is 0 Å². The van der Waals surface area contributed by atoms with E-state index in [9.17, 15) is 9.59 Å². The highest BCUT2D eigenvalue weighted by atomic mass is 35.5. The van der Waals surface area contributed by atoms with Crippen LogP contribution in [0.2, 0.25) is 0 Å². The predicted molar refractivity (Wildman–Crippen MR) is 105 cm³/mol. The highest BCUT2D eigenvalue weighted by molar-refractivity contribution is 5.94. The molecule has 0 aromatic heterocycles. The molecule has 27 heavy (non-hydrogen) atoms. The van der Waals surface area contributed by atoms with E-state index in [2.05, 4.69) is 16.0 Å². The summed E-state index contributed by atoms with van der Waals surface area (Å²) in [5.74, 6) is -0.202. The first-order valence-corrected chi connectivity index (χ1v) is 9.18. The largest absolute Gasteiger partial charge is 0.368 e. The van der Waals surface area contributed by atoms with Gasteiger partial charge < -0.3 is 25.4 Å². The molecule has 0 spiro atoms. The molecular weight excluding hydrogens is 370 g/mol. The highest BCUT2D eigenvalue weighted by Gasteiger charge is 2.39. The molecule has 0 saturated carbocycles. The third kappa shape index (κ3) is 5.42. The fraction of sp³-hybridized carbons (Fsp3) is 0.579. The van der Waals surface area contributed by atoms with E-state index >= 15 is 0 Å². The smallest absolute Gasteiger partial charge is 0.253 e. The van der Waals surface area contributed by atoms with Gasteiger partial charge in [0.1, 0.15) is 11.7 Å². The van der Waals surface area contributed by atoms with Crippen LogP contribution in [0.25, 0.3) is 0 Å². The number of ether oxygens (including phenoxy) is 2. The fourth-order valence-electron chi connectivity index (χ4n) is 3.46. The Kier molecular flexibility index (Phi) is 8.04. The van der Waals surface area contributed by atoms with Gasteiger partial charge in [-0.2, -0.15) is 0 Å². The van der Waals surface area contributed by atoms with E-state index in [1.54, 1.807) is 7.11 Å². The first kappa shape index (κ1) is 21.6. The molecular formula is C19H28ClN3O4. The molecule has 2 fully saturated rings. The Labute approximate surface area is 166 Å². The maximum absolute atomic E-state index is 12.6. The zero-order valence-corrected chi connectivity index (χ0v) is 16.4. The Hall–Kier alpha value is -1.67. The topological polar surface area (TPSA) is 88.7 Å². The summed E-state index contributed by atoms with van der Waals surface area (Å²) in [6.45, 7) is 2.57. The van der Waals surface area contributed by atoms with Crippen LogP contribution in [0, 0.1) is 0 Å². The van der Waals surface area contributed by atoms with Gasteiger partial charge in [0, 0.05) is 25.9 Å². The number of hydrogen-bond acceptors (Lipinski definition) is 5. The lowest BCUT2D eigenvalue weighted by Crippen LogP contribution is -2.53. The molecule has 2 aliphatic heterocycles. The number of halogens is 1. The van der Waals surface area contributed by atoms with E-state index in [1.165, 1.54) is 0 Å². The number of amides is 2. The summed E-state index contributed by atoms with van der Waals surface area (Å²) in [6, 6.07) is 7.49. The van der Waals surface area contributed by atoms with E-state index in [-0.39, 0.29) is 30.3 Å². The lowest BCUT2D eigenvalue weighted by atomic mass is 9.91. The first-order valence-electron chi connectivity index (χ1n) is 9.18. The summed E-state index contributed by atoms with van der Waals surface area (Å²) in [5.41, 5.74) is 0.876. The van der Waals surface area contributed by atoms with Crippen LogP contribution in [0.1, 0.15) is 31.2 Å². The van der Waals surface area contributed by atoms with E-state index in [1.807, 2.05) is 24.3 Å². The fourth-order valence-corrected chi connectivity index (χ4v) is 3.46. The molecule has 7 nitrogen and oxygen atoms in total. The van der Waals surface area contributed by atoms with Crippen LogP contribution >= 0.6 is 12.4 Å². The average molecular weight is 398 g/mol. The van der Waals surface area contributed by atoms with E-state index < -0.39 is 5.60 Å². The van der Waals surface area contributed by atoms with Gasteiger partial charge in [0.15, 0.2) is 0 Å². The molecule has 3 rings (SSSR count). The Morgan fingerprint density at radius 3 is 2.78 bits per heavy atom. The Bertz CT molecular complexity index is 644. The molecule has 1 atom stereocenters. The van der Waals surface area contributed by atoms with Crippen LogP contribution in [0.15, 0.2) is 24.3 Å². The minimum absolute atomic E-state index is 0. The minimum atomic E-state index is -0.753. The van der Waals surface area contributed by atoms with Crippen LogP contribution < -0.4 is 16.0 Å². The number of benzene rings is 1. The number of anilines is 1. The first-order chi connectivity index (χ1) is 12.6. The monoisotopic (exact) mass is 397 g/mol. The standard InChI is InChI=1S/C19H27N3O4.ClH/c1-25-19(7-9-20-10-8-19)18(24)21-13-14-4-2-5-15(12-14)22-17(23)16-6-3-11-26-16;/h2,4-5,12,16,20H,3,6-11,13H2,1H3,(H,21,24)(H,22,23);1H. The van der Waals surface area contributed by atoms with E-state index in [0.29, 0.717) is 31.7 Å². The zero-order chi connectivity index (χ0) is 18.4. The van der Waals surface area contributed by atoms with Crippen molar-refractivity contribution in [3.05, 3.63) is 29.8 Å². The van der Waals surface area contributed by atoms with Gasteiger partial charge in [0.2, 0.25) is 0 Å². The van der Waals surface area contributed by atoms with Crippen molar-refractivity contribution in [3.63, 3.8) is 0 Å². The molecule has 0 radical (unpaired) electrons. The van der Waals surface area contributed by atoms with Gasteiger partial charge in [-0.15, -0.1) is 12.4 Å². The lowest BCUT2D eigenvalue weighted by Gasteiger charge is -2.34. The summed E-state index contributed by atoms with van der Waals surface area (Å²) in [5, 5.41) is 9.09. The number of rotatable bonds is 6. The van der Waals surface area contributed by atoms with Gasteiger partial charge in [-0.05, 0) is 56.5 Å². The number of methoxy groups -OCH3 is 1. The van der Waals surface area contributed by atoms with Crippen LogP contribution in [-0.2, 0) is 25.6 Å². The molecule has 2 saturated heterocycles. The summed E-state index contributed by atoms with van der Waals surface area (Å²) < 4.78 is 10.9. The summed E-state index contributed by atoms with van der Waals surface area (Å²) in [4.78, 5) is 24.8. The Balaban J connectivity index is 0.00000261. The maximum atomic E-state index is 12.6. The van der Waals surface area contributed by atoms with Crippen LogP contribution in [0.5, 0.6) is 0 Å². The van der Waals surface area contributed by atoms with Gasteiger partial charge in [-0.1, -0.05) is 12.1 Å². The number of nitrogens with one attached hydrogen (secondary N) is 3. The molecule has 1 aromatic carbocycles. The predicted octanol–water partition coefficient (Wildman–Crippen LogP) is 1.61. The second-order valence-electron chi connectivity index (χ2n) is 6.82. The quantitative estimate of drug-likeness (QED) is 0.678. The number of carbonyl (C=O) groups excluding carboxylic acids is 2. The third-order valence-electron chi connectivity index (χ3n) is 5.09. The average Bonchev–Trinajstić information content (AvgIpc) is 3.22. The Morgan fingerprint density at radius 1 is 1.33 bits per heavy atom. The number of piperidine rings is 1. The van der Waals surface area contributed by atoms with Crippen LogP contribution in [0.3, 0.4) is 0 Å². The van der Waals surface area contributed by atoms with Gasteiger partial charge in [-0.3, -0.25) is 9.59 Å². The number of hydrogen-bond donors (Lipinski definition) is 3. The molecule has 2 heterocycles. The van der Waals surface area contributed by atoms with Crippen LogP contribution in [0.4, 0.5) is 5.69 Å². The van der Waals surface area contributed by atoms with E-state index in [0.717, 1.165) is 31.5 Å². The normalized spacial score (nSPS) is 21.1. The maximum Gasteiger partial charge on any atom is 0.253 e. The van der Waals surface area contributed by atoms with Crippen molar-refractivity contribution in [3.8, 4) is 0 Å². The van der Waals surface area contributed by atoms with E-state index in [4.69, 9.17) is 9.47 Å². The second kappa shape index (κ2) is 10.0. The van der Waals surface area contributed by atoms with Gasteiger partial charge in [-0.25, -0.2) is 0 Å². The molecule has 1 aromatic rings. The molecule has 2 amide bonds. The van der Waals surface area contributed by atoms with Crippen molar-refractivity contribution in [1.29, 1.82) is 0 Å².